The molecule has 2 aromatic rings. The van der Waals surface area contributed by atoms with E-state index < -0.39 is 11.5 Å². The first-order chi connectivity index (χ1) is 12.2. The molecule has 0 saturated carbocycles. The summed E-state index contributed by atoms with van der Waals surface area (Å²) >= 11 is 1.55. The van der Waals surface area contributed by atoms with Crippen LogP contribution in [0.1, 0.15) is 36.0 Å². The van der Waals surface area contributed by atoms with Crippen LogP contribution in [0.15, 0.2) is 50.0 Å². The zero-order valence-electron chi connectivity index (χ0n) is 13.5. The first kappa shape index (κ1) is 16.0. The number of nitrogens with one attached hydrogen (secondary N) is 1. The number of carbonyl (C=O) groups is 1. The van der Waals surface area contributed by atoms with E-state index in [1.54, 1.807) is 36.0 Å². The number of thioether (sulfide) groups is 1. The molecule has 126 valence electrons. The van der Waals surface area contributed by atoms with Gasteiger partial charge >= 0.3 is 5.63 Å². The fourth-order valence-corrected chi connectivity index (χ4v) is 4.93. The van der Waals surface area contributed by atoms with Gasteiger partial charge in [-0.1, -0.05) is 18.2 Å². The van der Waals surface area contributed by atoms with E-state index in [9.17, 15) is 14.9 Å². The first-order valence-corrected chi connectivity index (χ1v) is 9.17. The molecular formula is C19H16N2O3S. The second-order valence-corrected chi connectivity index (χ2v) is 7.50. The van der Waals surface area contributed by atoms with Crippen LogP contribution in [0.25, 0.3) is 11.0 Å². The zero-order chi connectivity index (χ0) is 17.4. The van der Waals surface area contributed by atoms with Crippen LogP contribution < -0.4 is 10.9 Å². The smallest absolute Gasteiger partial charge is 0.349 e. The maximum absolute atomic E-state index is 12.6. The molecule has 1 N–H and O–H groups in total. The van der Waals surface area contributed by atoms with E-state index >= 15 is 0 Å². The van der Waals surface area contributed by atoms with Crippen molar-refractivity contribution in [3.63, 3.8) is 0 Å². The Hall–Kier alpha value is -2.52. The molecule has 1 aliphatic carbocycles. The third-order valence-corrected chi connectivity index (χ3v) is 6.10. The molecule has 0 radical (unpaired) electrons. The van der Waals surface area contributed by atoms with Gasteiger partial charge in [-0.25, -0.2) is 4.79 Å². The molecule has 6 heteroatoms. The van der Waals surface area contributed by atoms with Crippen LogP contribution in [0.5, 0.6) is 0 Å². The molecule has 1 aromatic heterocycles. The summed E-state index contributed by atoms with van der Waals surface area (Å²) in [7, 11) is 0. The summed E-state index contributed by atoms with van der Waals surface area (Å²) < 4.78 is 5.23. The number of fused-ring (bicyclic) bond motifs is 1. The maximum atomic E-state index is 12.6. The van der Waals surface area contributed by atoms with E-state index in [0.29, 0.717) is 11.0 Å². The number of benzene rings is 1. The minimum atomic E-state index is -0.662. The van der Waals surface area contributed by atoms with Crippen molar-refractivity contribution in [1.29, 1.82) is 5.26 Å². The second-order valence-electron chi connectivity index (χ2n) is 6.26. The molecule has 1 aromatic carbocycles. The number of amides is 1. The summed E-state index contributed by atoms with van der Waals surface area (Å²) in [5.74, 6) is -0.811. The lowest BCUT2D eigenvalue weighted by molar-refractivity contribution is 0.0943. The quantitative estimate of drug-likeness (QED) is 0.836. The summed E-state index contributed by atoms with van der Waals surface area (Å²) in [6.45, 7) is 0. The van der Waals surface area contributed by atoms with Gasteiger partial charge in [0.1, 0.15) is 11.1 Å². The molecular weight excluding hydrogens is 336 g/mol. The lowest BCUT2D eigenvalue weighted by atomic mass is 9.90. The molecule has 0 saturated heterocycles. The number of nitriles is 1. The van der Waals surface area contributed by atoms with Crippen molar-refractivity contribution in [2.75, 3.05) is 0 Å². The Labute approximate surface area is 148 Å². The SMILES string of the molecule is N#C[C@@H]1C2=C(CCCC2)S[C@@H]1NC(=O)c1cc2ccccc2oc1=O. The summed E-state index contributed by atoms with van der Waals surface area (Å²) in [4.78, 5) is 26.0. The van der Waals surface area contributed by atoms with Crippen molar-refractivity contribution < 1.29 is 9.21 Å². The predicted octanol–water partition coefficient (Wildman–Crippen LogP) is 3.56. The Morgan fingerprint density at radius 1 is 1.28 bits per heavy atom. The highest BCUT2D eigenvalue weighted by Gasteiger charge is 2.37. The van der Waals surface area contributed by atoms with Crippen LogP contribution in [0, 0.1) is 17.2 Å². The van der Waals surface area contributed by atoms with Gasteiger partial charge < -0.3 is 9.73 Å². The fraction of sp³-hybridized carbons (Fsp3) is 0.316. The topological polar surface area (TPSA) is 83.1 Å². The van der Waals surface area contributed by atoms with Crippen molar-refractivity contribution in [3.05, 3.63) is 56.8 Å². The van der Waals surface area contributed by atoms with Gasteiger partial charge in [0.05, 0.1) is 17.4 Å². The highest BCUT2D eigenvalue weighted by Crippen LogP contribution is 2.47. The summed E-state index contributed by atoms with van der Waals surface area (Å²) in [5.41, 5.74) is 0.923. The Morgan fingerprint density at radius 3 is 2.92 bits per heavy atom. The Kier molecular flexibility index (Phi) is 4.10. The van der Waals surface area contributed by atoms with Gasteiger partial charge in [0.2, 0.25) is 0 Å². The van der Waals surface area contributed by atoms with Gasteiger partial charge in [-0.15, -0.1) is 11.8 Å². The molecule has 25 heavy (non-hydrogen) atoms. The predicted molar refractivity (Wildman–Crippen MR) is 95.9 cm³/mol. The standard InChI is InChI=1S/C19H16N2O3S/c20-10-14-12-6-2-4-8-16(12)25-18(14)21-17(22)13-9-11-5-1-3-7-15(11)24-19(13)23/h1,3,5,7,9,14,18H,2,4,6,8H2,(H,21,22)/t14-,18+/m1/s1. The summed E-state index contributed by atoms with van der Waals surface area (Å²) in [6.07, 6.45) is 4.11. The largest absolute Gasteiger partial charge is 0.422 e. The van der Waals surface area contributed by atoms with Gasteiger partial charge in [-0.2, -0.15) is 5.26 Å². The van der Waals surface area contributed by atoms with E-state index in [0.717, 1.165) is 31.3 Å². The normalized spacial score (nSPS) is 22.5. The van der Waals surface area contributed by atoms with Gasteiger partial charge in [0, 0.05) is 5.39 Å². The van der Waals surface area contributed by atoms with Gasteiger partial charge in [0.25, 0.3) is 5.91 Å². The van der Waals surface area contributed by atoms with Crippen LogP contribution in [0.2, 0.25) is 0 Å². The second kappa shape index (κ2) is 6.41. The van der Waals surface area contributed by atoms with E-state index in [1.807, 2.05) is 6.07 Å². The number of nitrogens with zero attached hydrogens (tertiary/aromatic N) is 1. The summed E-state index contributed by atoms with van der Waals surface area (Å²) in [6, 6.07) is 10.9. The molecule has 0 fully saturated rings. The number of allylic oxidation sites excluding steroid dienone is 1. The van der Waals surface area contributed by atoms with E-state index in [-0.39, 0.29) is 16.9 Å². The highest BCUT2D eigenvalue weighted by atomic mass is 32.2. The van der Waals surface area contributed by atoms with E-state index in [4.69, 9.17) is 4.42 Å². The minimum absolute atomic E-state index is 0.0270. The lowest BCUT2D eigenvalue weighted by Crippen LogP contribution is -2.38. The van der Waals surface area contributed by atoms with E-state index in [1.165, 1.54) is 4.91 Å². The molecule has 1 amide bonds. The number of para-hydroxylation sites is 1. The van der Waals surface area contributed by atoms with Crippen LogP contribution >= 0.6 is 11.8 Å². The Bertz CT molecular complexity index is 986. The van der Waals surface area contributed by atoms with Crippen molar-refractivity contribution in [2.24, 2.45) is 5.92 Å². The monoisotopic (exact) mass is 352 g/mol. The van der Waals surface area contributed by atoms with Crippen LogP contribution in [0.4, 0.5) is 0 Å². The average molecular weight is 352 g/mol. The number of hydrogen-bond acceptors (Lipinski definition) is 5. The van der Waals surface area contributed by atoms with Gasteiger partial charge in [0.15, 0.2) is 0 Å². The minimum Gasteiger partial charge on any atom is -0.422 e. The number of rotatable bonds is 2. The molecule has 5 nitrogen and oxygen atoms in total. The zero-order valence-corrected chi connectivity index (χ0v) is 14.3. The van der Waals surface area contributed by atoms with Gasteiger partial charge in [-0.05, 0) is 48.3 Å². The highest BCUT2D eigenvalue weighted by molar-refractivity contribution is 8.04. The van der Waals surface area contributed by atoms with Crippen molar-refractivity contribution in [3.8, 4) is 6.07 Å². The molecule has 0 spiro atoms. The molecule has 4 rings (SSSR count). The molecule has 2 atom stereocenters. The average Bonchev–Trinajstić information content (AvgIpc) is 2.97. The fourth-order valence-electron chi connectivity index (χ4n) is 3.45. The molecule has 2 aliphatic rings. The van der Waals surface area contributed by atoms with Crippen LogP contribution in [-0.4, -0.2) is 11.3 Å². The van der Waals surface area contributed by atoms with Crippen molar-refractivity contribution >= 4 is 28.6 Å². The van der Waals surface area contributed by atoms with E-state index in [2.05, 4.69) is 11.4 Å². The molecule has 0 bridgehead atoms. The van der Waals surface area contributed by atoms with Crippen LogP contribution in [-0.2, 0) is 0 Å². The molecule has 0 unspecified atom stereocenters. The first-order valence-electron chi connectivity index (χ1n) is 8.29. The summed E-state index contributed by atoms with van der Waals surface area (Å²) in [5, 5.41) is 12.7. The Morgan fingerprint density at radius 2 is 2.08 bits per heavy atom. The molecule has 1 aliphatic heterocycles. The van der Waals surface area contributed by atoms with Crippen LogP contribution in [0.3, 0.4) is 0 Å². The Balaban J connectivity index is 1.60. The number of hydrogen-bond donors (Lipinski definition) is 1. The maximum Gasteiger partial charge on any atom is 0.349 e. The third kappa shape index (κ3) is 2.85. The molecule has 2 heterocycles. The van der Waals surface area contributed by atoms with Crippen molar-refractivity contribution in [2.45, 2.75) is 31.1 Å². The third-order valence-electron chi connectivity index (χ3n) is 4.70. The van der Waals surface area contributed by atoms with Gasteiger partial charge in [-0.3, -0.25) is 4.79 Å². The lowest BCUT2D eigenvalue weighted by Gasteiger charge is -2.17. The number of carbonyl (C=O) groups excluding carboxylic acids is 1. The van der Waals surface area contributed by atoms with Crippen molar-refractivity contribution in [1.82, 2.24) is 5.32 Å².